The van der Waals surface area contributed by atoms with Crippen molar-refractivity contribution in [2.24, 2.45) is 0 Å². The molecule has 5 heteroatoms. The average molecular weight is 830 g/mol. The van der Waals surface area contributed by atoms with Gasteiger partial charge in [0, 0.05) is 24.2 Å². The lowest BCUT2D eigenvalue weighted by atomic mass is 10.0. The van der Waals surface area contributed by atoms with E-state index in [-0.39, 0.29) is 11.9 Å². The number of esters is 2. The van der Waals surface area contributed by atoms with Crippen molar-refractivity contribution in [1.29, 1.82) is 0 Å². The highest BCUT2D eigenvalue weighted by molar-refractivity contribution is 5.69. The molecular formula is C54H103NO4. The second-order valence-electron chi connectivity index (χ2n) is 18.7. The number of allylic oxidation sites excluding steroid dienone is 2. The Bertz CT molecular complexity index is 859. The number of carbonyl (C=O) groups is 2. The summed E-state index contributed by atoms with van der Waals surface area (Å²) < 4.78 is 10.8. The van der Waals surface area contributed by atoms with E-state index in [2.05, 4.69) is 19.2 Å². The predicted molar refractivity (Wildman–Crippen MR) is 256 cm³/mol. The molecule has 0 aromatic carbocycles. The number of hydrogen-bond donors (Lipinski definition) is 1. The van der Waals surface area contributed by atoms with Crippen LogP contribution in [0.5, 0.6) is 0 Å². The lowest BCUT2D eigenvalue weighted by Gasteiger charge is -2.05. The fourth-order valence-corrected chi connectivity index (χ4v) is 8.60. The molecule has 1 aliphatic heterocycles. The maximum Gasteiger partial charge on any atom is 0.305 e. The van der Waals surface area contributed by atoms with Crippen LogP contribution in [0.2, 0.25) is 0 Å². The topological polar surface area (TPSA) is 74.5 Å². The summed E-state index contributed by atoms with van der Waals surface area (Å²) in [7, 11) is 0. The Morgan fingerprint density at radius 1 is 0.305 bits per heavy atom. The van der Waals surface area contributed by atoms with Crippen molar-refractivity contribution in [3.63, 3.8) is 0 Å². The minimum absolute atomic E-state index is 0.0158. The zero-order valence-corrected chi connectivity index (χ0v) is 40.1. The standard InChI is InChI=1S/C54H103NO4/c1-3-5-7-9-37-43-49-58-53(56)47-41-35-31-27-23-19-15-11-13-17-21-25-29-33-39-45-51-52(55-51)46-40-34-30-26-22-18-14-12-16-20-24-28-32-36-42-48-54(57)59-50-44-38-10-8-6-4-2/h55H,3-50H2,1-2H3. The third-order valence-electron chi connectivity index (χ3n) is 12.7. The maximum atomic E-state index is 11.9. The Kier molecular flexibility index (Phi) is 43.3. The highest BCUT2D eigenvalue weighted by Crippen LogP contribution is 2.27. The van der Waals surface area contributed by atoms with Crippen LogP contribution in [0, 0.1) is 0 Å². The molecule has 1 aliphatic rings. The molecular weight excluding hydrogens is 727 g/mol. The Morgan fingerprint density at radius 3 is 0.797 bits per heavy atom. The lowest BCUT2D eigenvalue weighted by molar-refractivity contribution is -0.144. The van der Waals surface area contributed by atoms with Gasteiger partial charge in [-0.15, -0.1) is 0 Å². The second kappa shape index (κ2) is 46.0. The maximum absolute atomic E-state index is 11.9. The molecule has 0 saturated heterocycles. The van der Waals surface area contributed by atoms with Crippen LogP contribution in [-0.4, -0.2) is 25.2 Å². The molecule has 348 valence electrons. The molecule has 1 heterocycles. The molecule has 0 spiro atoms. The summed E-state index contributed by atoms with van der Waals surface area (Å²) in [6.07, 6.45) is 59.1. The quantitative estimate of drug-likeness (QED) is 0.0488. The second-order valence-corrected chi connectivity index (χ2v) is 18.7. The summed E-state index contributed by atoms with van der Waals surface area (Å²) in [4.78, 5) is 23.7. The van der Waals surface area contributed by atoms with Crippen LogP contribution >= 0.6 is 0 Å². The van der Waals surface area contributed by atoms with E-state index >= 15 is 0 Å². The average Bonchev–Trinajstić information content (AvgIpc) is 4.00. The van der Waals surface area contributed by atoms with Gasteiger partial charge in [0.15, 0.2) is 0 Å². The number of nitrogens with one attached hydrogen (secondary N) is 1. The van der Waals surface area contributed by atoms with Crippen LogP contribution in [0.4, 0.5) is 0 Å². The first-order valence-electron chi connectivity index (χ1n) is 27.0. The highest BCUT2D eigenvalue weighted by Gasteiger charge is 2.18. The van der Waals surface area contributed by atoms with Gasteiger partial charge in [0.05, 0.1) is 13.2 Å². The van der Waals surface area contributed by atoms with Crippen molar-refractivity contribution in [1.82, 2.24) is 5.32 Å². The zero-order valence-electron chi connectivity index (χ0n) is 40.1. The summed E-state index contributed by atoms with van der Waals surface area (Å²) in [6, 6.07) is 0. The molecule has 0 aromatic heterocycles. The number of unbranched alkanes of at least 4 members (excludes halogenated alkanes) is 38. The van der Waals surface area contributed by atoms with Crippen LogP contribution in [0.1, 0.15) is 309 Å². The summed E-state index contributed by atoms with van der Waals surface area (Å²) >= 11 is 0. The molecule has 1 N–H and O–H groups in total. The molecule has 0 unspecified atom stereocenters. The molecule has 0 bridgehead atoms. The van der Waals surface area contributed by atoms with Gasteiger partial charge in [-0.05, 0) is 51.4 Å². The van der Waals surface area contributed by atoms with Gasteiger partial charge in [0.2, 0.25) is 0 Å². The molecule has 1 rings (SSSR count). The van der Waals surface area contributed by atoms with Crippen molar-refractivity contribution in [2.75, 3.05) is 13.2 Å². The molecule has 5 nitrogen and oxygen atoms in total. The van der Waals surface area contributed by atoms with Gasteiger partial charge in [0.25, 0.3) is 0 Å². The van der Waals surface area contributed by atoms with Crippen molar-refractivity contribution in [3.8, 4) is 0 Å². The number of rotatable bonds is 50. The number of carbonyl (C=O) groups excluding carboxylic acids is 2. The predicted octanol–water partition coefficient (Wildman–Crippen LogP) is 17.9. The number of ether oxygens (including phenoxy) is 2. The largest absolute Gasteiger partial charge is 0.466 e. The SMILES string of the molecule is CCCCCCCCOC(=O)CCCCCCCCCCCCCCCCCC1=C(CCCCCCCCCCCCCCCCCC(=O)OCCCCCCCC)N1. The van der Waals surface area contributed by atoms with Crippen LogP contribution in [-0.2, 0) is 19.1 Å². The lowest BCUT2D eigenvalue weighted by Crippen LogP contribution is -2.05. The van der Waals surface area contributed by atoms with Gasteiger partial charge in [-0.1, -0.05) is 245 Å². The Morgan fingerprint density at radius 2 is 0.525 bits per heavy atom. The first-order chi connectivity index (χ1) is 29.2. The molecule has 0 saturated carbocycles. The monoisotopic (exact) mass is 830 g/mol. The van der Waals surface area contributed by atoms with Crippen LogP contribution in [0.15, 0.2) is 11.4 Å². The number of hydrogen-bond acceptors (Lipinski definition) is 5. The molecule has 59 heavy (non-hydrogen) atoms. The third-order valence-corrected chi connectivity index (χ3v) is 12.7. The third kappa shape index (κ3) is 42.9. The van der Waals surface area contributed by atoms with Crippen LogP contribution in [0.3, 0.4) is 0 Å². The molecule has 0 radical (unpaired) electrons. The van der Waals surface area contributed by atoms with Crippen molar-refractivity contribution < 1.29 is 19.1 Å². The summed E-state index contributed by atoms with van der Waals surface area (Å²) in [5, 5.41) is 3.61. The van der Waals surface area contributed by atoms with Gasteiger partial charge in [-0.25, -0.2) is 0 Å². The van der Waals surface area contributed by atoms with Gasteiger partial charge >= 0.3 is 11.9 Å². The molecule has 0 aliphatic carbocycles. The summed E-state index contributed by atoms with van der Waals surface area (Å²) in [6.45, 7) is 5.73. The van der Waals surface area contributed by atoms with E-state index in [1.807, 2.05) is 0 Å². The minimum Gasteiger partial charge on any atom is -0.466 e. The summed E-state index contributed by atoms with van der Waals surface area (Å²) in [5.41, 5.74) is 3.17. The smallest absolute Gasteiger partial charge is 0.305 e. The summed E-state index contributed by atoms with van der Waals surface area (Å²) in [5.74, 6) is 0.0316. The van der Waals surface area contributed by atoms with Crippen LogP contribution < -0.4 is 5.32 Å². The Labute approximate surface area is 368 Å². The normalized spacial score (nSPS) is 12.3. The van der Waals surface area contributed by atoms with E-state index in [1.54, 1.807) is 11.4 Å². The van der Waals surface area contributed by atoms with Gasteiger partial charge in [-0.2, -0.15) is 0 Å². The first kappa shape index (κ1) is 55.5. The first-order valence-corrected chi connectivity index (χ1v) is 27.0. The van der Waals surface area contributed by atoms with E-state index in [1.165, 1.54) is 257 Å². The van der Waals surface area contributed by atoms with Crippen molar-refractivity contribution in [3.05, 3.63) is 11.4 Å². The van der Waals surface area contributed by atoms with E-state index in [4.69, 9.17) is 9.47 Å². The fourth-order valence-electron chi connectivity index (χ4n) is 8.60. The Balaban J connectivity index is 1.70. The van der Waals surface area contributed by atoms with E-state index < -0.39 is 0 Å². The van der Waals surface area contributed by atoms with Crippen LogP contribution in [0.25, 0.3) is 0 Å². The van der Waals surface area contributed by atoms with Crippen molar-refractivity contribution in [2.45, 2.75) is 309 Å². The van der Waals surface area contributed by atoms with Gasteiger partial charge in [-0.3, -0.25) is 9.59 Å². The molecule has 0 amide bonds. The highest BCUT2D eigenvalue weighted by atomic mass is 16.5. The molecule has 0 atom stereocenters. The molecule has 0 fully saturated rings. The zero-order chi connectivity index (χ0) is 42.4. The molecule has 0 aromatic rings. The fraction of sp³-hybridized carbons (Fsp3) is 0.926. The van der Waals surface area contributed by atoms with E-state index in [0.717, 1.165) is 25.7 Å². The van der Waals surface area contributed by atoms with Gasteiger partial charge < -0.3 is 14.8 Å². The van der Waals surface area contributed by atoms with E-state index in [0.29, 0.717) is 26.1 Å². The minimum atomic E-state index is 0.0158. The van der Waals surface area contributed by atoms with Crippen molar-refractivity contribution >= 4 is 11.9 Å². The Hall–Kier alpha value is -1.52. The van der Waals surface area contributed by atoms with E-state index in [9.17, 15) is 9.59 Å². The van der Waals surface area contributed by atoms with Gasteiger partial charge in [0.1, 0.15) is 0 Å².